The van der Waals surface area contributed by atoms with Crippen LogP contribution < -0.4 is 5.73 Å². The van der Waals surface area contributed by atoms with Crippen LogP contribution in [0.15, 0.2) is 6.07 Å². The Morgan fingerprint density at radius 2 is 2.14 bits per heavy atom. The fraction of sp³-hybridized carbons (Fsp3) is 0.750. The Bertz CT molecular complexity index is 483. The minimum absolute atomic E-state index is 0.0781. The molecular formula is C16H28N4O. The van der Waals surface area contributed by atoms with E-state index in [0.717, 1.165) is 31.5 Å². The fourth-order valence-corrected chi connectivity index (χ4v) is 3.36. The number of nitrogens with two attached hydrogens (primary N) is 1. The van der Waals surface area contributed by atoms with Gasteiger partial charge in [0.05, 0.1) is 5.69 Å². The largest absolute Gasteiger partial charge is 0.337 e. The number of carbonyl (C=O) groups is 1. The molecule has 1 saturated carbocycles. The van der Waals surface area contributed by atoms with Crippen LogP contribution in [0.2, 0.25) is 0 Å². The van der Waals surface area contributed by atoms with Crippen LogP contribution in [0.3, 0.4) is 0 Å². The lowest BCUT2D eigenvalue weighted by atomic mass is 9.83. The number of rotatable bonds is 5. The second kappa shape index (κ2) is 7.07. The lowest BCUT2D eigenvalue weighted by Gasteiger charge is -2.37. The van der Waals surface area contributed by atoms with E-state index in [1.54, 1.807) is 0 Å². The third-order valence-electron chi connectivity index (χ3n) is 4.70. The molecule has 1 aliphatic rings. The SMILES string of the molecule is CCc1cc(C(=O)N(C)C2CCCCC2CN)n(CC)n1. The third-order valence-corrected chi connectivity index (χ3v) is 4.70. The standard InChI is InChI=1S/C16H28N4O/c1-4-13-10-15(20(5-2)18-13)16(21)19(3)14-9-7-6-8-12(14)11-17/h10,12,14H,4-9,11,17H2,1-3H3. The van der Waals surface area contributed by atoms with Gasteiger partial charge in [0.25, 0.3) is 5.91 Å². The molecule has 1 aliphatic carbocycles. The molecule has 2 atom stereocenters. The first kappa shape index (κ1) is 16.0. The third kappa shape index (κ3) is 3.28. The summed E-state index contributed by atoms with van der Waals surface area (Å²) in [7, 11) is 1.92. The Balaban J connectivity index is 2.19. The summed E-state index contributed by atoms with van der Waals surface area (Å²) in [6.07, 6.45) is 5.46. The van der Waals surface area contributed by atoms with E-state index in [4.69, 9.17) is 5.73 Å². The Morgan fingerprint density at radius 1 is 1.43 bits per heavy atom. The smallest absolute Gasteiger partial charge is 0.272 e. The van der Waals surface area contributed by atoms with E-state index >= 15 is 0 Å². The number of amides is 1. The van der Waals surface area contributed by atoms with Crippen LogP contribution in [0.4, 0.5) is 0 Å². The van der Waals surface area contributed by atoms with Gasteiger partial charge in [-0.2, -0.15) is 5.10 Å². The van der Waals surface area contributed by atoms with Gasteiger partial charge in [0.15, 0.2) is 0 Å². The number of aryl methyl sites for hydroxylation is 2. The molecule has 0 spiro atoms. The van der Waals surface area contributed by atoms with Gasteiger partial charge in [-0.3, -0.25) is 9.48 Å². The van der Waals surface area contributed by atoms with E-state index in [-0.39, 0.29) is 11.9 Å². The summed E-state index contributed by atoms with van der Waals surface area (Å²) in [5.41, 5.74) is 7.58. The first-order valence-corrected chi connectivity index (χ1v) is 8.16. The van der Waals surface area contributed by atoms with Crippen LogP contribution in [0.25, 0.3) is 0 Å². The molecule has 0 aliphatic heterocycles. The van der Waals surface area contributed by atoms with E-state index in [1.165, 1.54) is 12.8 Å². The Kier molecular flexibility index (Phi) is 5.39. The summed E-state index contributed by atoms with van der Waals surface area (Å²) in [6, 6.07) is 2.20. The van der Waals surface area contributed by atoms with Crippen molar-refractivity contribution in [1.82, 2.24) is 14.7 Å². The molecule has 1 heterocycles. The topological polar surface area (TPSA) is 64.2 Å². The Morgan fingerprint density at radius 3 is 2.76 bits per heavy atom. The van der Waals surface area contributed by atoms with Crippen LogP contribution in [0.5, 0.6) is 0 Å². The maximum absolute atomic E-state index is 12.8. The molecule has 2 rings (SSSR count). The summed E-state index contributed by atoms with van der Waals surface area (Å²) in [5, 5.41) is 4.48. The van der Waals surface area contributed by atoms with Crippen molar-refractivity contribution in [2.45, 2.75) is 58.5 Å². The molecule has 1 aromatic rings. The highest BCUT2D eigenvalue weighted by molar-refractivity contribution is 5.92. The van der Waals surface area contributed by atoms with E-state index in [2.05, 4.69) is 12.0 Å². The summed E-state index contributed by atoms with van der Waals surface area (Å²) in [6.45, 7) is 5.47. The number of nitrogens with zero attached hydrogens (tertiary/aromatic N) is 3. The van der Waals surface area contributed by atoms with Gasteiger partial charge in [-0.1, -0.05) is 19.8 Å². The maximum atomic E-state index is 12.8. The van der Waals surface area contributed by atoms with Gasteiger partial charge in [0, 0.05) is 19.6 Å². The average molecular weight is 292 g/mol. The average Bonchev–Trinajstić information content (AvgIpc) is 2.96. The van der Waals surface area contributed by atoms with Gasteiger partial charge in [-0.05, 0) is 44.7 Å². The normalized spacial score (nSPS) is 22.3. The fourth-order valence-electron chi connectivity index (χ4n) is 3.36. The van der Waals surface area contributed by atoms with E-state index < -0.39 is 0 Å². The molecule has 2 N–H and O–H groups in total. The van der Waals surface area contributed by atoms with Crippen molar-refractivity contribution in [3.8, 4) is 0 Å². The maximum Gasteiger partial charge on any atom is 0.272 e. The number of hydrogen-bond donors (Lipinski definition) is 1. The molecule has 21 heavy (non-hydrogen) atoms. The molecule has 0 saturated heterocycles. The lowest BCUT2D eigenvalue weighted by molar-refractivity contribution is 0.0608. The molecule has 1 amide bonds. The minimum atomic E-state index is 0.0781. The predicted molar refractivity (Wildman–Crippen MR) is 84.2 cm³/mol. The highest BCUT2D eigenvalue weighted by atomic mass is 16.2. The Hall–Kier alpha value is -1.36. The van der Waals surface area contributed by atoms with Crippen molar-refractivity contribution in [1.29, 1.82) is 0 Å². The van der Waals surface area contributed by atoms with Crippen molar-refractivity contribution in [2.24, 2.45) is 11.7 Å². The van der Waals surface area contributed by atoms with Gasteiger partial charge in [0.2, 0.25) is 0 Å². The van der Waals surface area contributed by atoms with Crippen LogP contribution in [0, 0.1) is 5.92 Å². The zero-order valence-corrected chi connectivity index (χ0v) is 13.5. The molecule has 2 unspecified atom stereocenters. The second-order valence-corrected chi connectivity index (χ2v) is 5.95. The number of aromatic nitrogens is 2. The van der Waals surface area contributed by atoms with Gasteiger partial charge >= 0.3 is 0 Å². The number of hydrogen-bond acceptors (Lipinski definition) is 3. The van der Waals surface area contributed by atoms with Crippen molar-refractivity contribution in [3.05, 3.63) is 17.5 Å². The molecule has 1 fully saturated rings. The molecule has 118 valence electrons. The van der Waals surface area contributed by atoms with E-state index in [0.29, 0.717) is 18.2 Å². The predicted octanol–water partition coefficient (Wildman–Crippen LogP) is 2.05. The van der Waals surface area contributed by atoms with E-state index in [1.807, 2.05) is 29.6 Å². The summed E-state index contributed by atoms with van der Waals surface area (Å²) >= 11 is 0. The van der Waals surface area contributed by atoms with Crippen LogP contribution in [0.1, 0.15) is 55.7 Å². The zero-order valence-electron chi connectivity index (χ0n) is 13.5. The van der Waals surface area contributed by atoms with Gasteiger partial charge < -0.3 is 10.6 Å². The molecule has 0 radical (unpaired) electrons. The van der Waals surface area contributed by atoms with Crippen molar-refractivity contribution in [2.75, 3.05) is 13.6 Å². The first-order chi connectivity index (χ1) is 10.1. The van der Waals surface area contributed by atoms with Crippen molar-refractivity contribution >= 4 is 5.91 Å². The van der Waals surface area contributed by atoms with Crippen LogP contribution in [-0.4, -0.2) is 40.2 Å². The van der Waals surface area contributed by atoms with E-state index in [9.17, 15) is 4.79 Å². The van der Waals surface area contributed by atoms with Crippen molar-refractivity contribution < 1.29 is 4.79 Å². The molecule has 5 nitrogen and oxygen atoms in total. The highest BCUT2D eigenvalue weighted by Gasteiger charge is 2.31. The second-order valence-electron chi connectivity index (χ2n) is 5.95. The van der Waals surface area contributed by atoms with Crippen LogP contribution in [-0.2, 0) is 13.0 Å². The molecule has 5 heteroatoms. The highest BCUT2D eigenvalue weighted by Crippen LogP contribution is 2.28. The van der Waals surface area contributed by atoms with Gasteiger partial charge in [0.1, 0.15) is 5.69 Å². The molecule has 0 bridgehead atoms. The van der Waals surface area contributed by atoms with Gasteiger partial charge in [-0.25, -0.2) is 0 Å². The van der Waals surface area contributed by atoms with Crippen molar-refractivity contribution in [3.63, 3.8) is 0 Å². The summed E-state index contributed by atoms with van der Waals surface area (Å²) < 4.78 is 1.82. The molecule has 0 aromatic carbocycles. The zero-order chi connectivity index (χ0) is 15.4. The molecular weight excluding hydrogens is 264 g/mol. The Labute approximate surface area is 127 Å². The number of carbonyl (C=O) groups excluding carboxylic acids is 1. The quantitative estimate of drug-likeness (QED) is 0.903. The minimum Gasteiger partial charge on any atom is -0.337 e. The van der Waals surface area contributed by atoms with Crippen LogP contribution >= 0.6 is 0 Å². The monoisotopic (exact) mass is 292 g/mol. The summed E-state index contributed by atoms with van der Waals surface area (Å²) in [4.78, 5) is 14.7. The molecule has 1 aromatic heterocycles. The van der Waals surface area contributed by atoms with Gasteiger partial charge in [-0.15, -0.1) is 0 Å². The summed E-state index contributed by atoms with van der Waals surface area (Å²) in [5.74, 6) is 0.505. The lowest BCUT2D eigenvalue weighted by Crippen LogP contribution is -2.46. The first-order valence-electron chi connectivity index (χ1n) is 8.16.